The van der Waals surface area contributed by atoms with Crippen molar-refractivity contribution >= 4 is 18.6 Å². The Hall–Kier alpha value is -3.87. The van der Waals surface area contributed by atoms with Crippen molar-refractivity contribution in [2.45, 2.75) is 0 Å². The smallest absolute Gasteiger partial charge is 0.626 e. The van der Waals surface area contributed by atoms with Crippen molar-refractivity contribution in [3.05, 3.63) is 114 Å². The van der Waals surface area contributed by atoms with Gasteiger partial charge in [0, 0.05) is 29.5 Å². The maximum atomic E-state index is 14.3. The van der Waals surface area contributed by atoms with Crippen molar-refractivity contribution in [3.63, 3.8) is 0 Å². The number of H-pyrrole nitrogens is 1. The van der Waals surface area contributed by atoms with Crippen LogP contribution < -0.4 is 4.99 Å². The molecule has 0 radical (unpaired) electrons. The first-order chi connectivity index (χ1) is 14.6. The van der Waals surface area contributed by atoms with Crippen LogP contribution in [0.25, 0.3) is 17.0 Å². The zero-order valence-corrected chi connectivity index (χ0v) is 15.8. The lowest BCUT2D eigenvalue weighted by atomic mass is 10.1. The number of nitrogens with one attached hydrogen (secondary N) is 2. The van der Waals surface area contributed by atoms with Crippen LogP contribution in [0.2, 0.25) is 0 Å². The number of allylic oxidation sites excluding steroid dienone is 3. The van der Waals surface area contributed by atoms with Gasteiger partial charge >= 0.3 is 7.11 Å². The number of halogens is 2. The summed E-state index contributed by atoms with van der Waals surface area (Å²) in [4.78, 5) is 6.29. The summed E-state index contributed by atoms with van der Waals surface area (Å²) in [6.07, 6.45) is 5.02. The summed E-state index contributed by atoms with van der Waals surface area (Å²) in [7, 11) is -4.50. The molecule has 0 saturated carbocycles. The predicted molar refractivity (Wildman–Crippen MR) is 112 cm³/mol. The lowest BCUT2D eigenvalue weighted by Crippen LogP contribution is -2.68. The molecule has 0 atom stereocenters. The molecule has 1 aromatic heterocycles. The van der Waals surface area contributed by atoms with Crippen LogP contribution >= 0.6 is 0 Å². The number of hydrogen-bond acceptors (Lipinski definition) is 2. The van der Waals surface area contributed by atoms with Gasteiger partial charge in [-0.25, -0.2) is 4.99 Å². The van der Waals surface area contributed by atoms with E-state index in [2.05, 4.69) is 9.98 Å². The molecule has 2 aliphatic rings. The molecule has 0 fully saturated rings. The van der Waals surface area contributed by atoms with Crippen molar-refractivity contribution in [2.24, 2.45) is 0 Å². The van der Waals surface area contributed by atoms with Crippen molar-refractivity contribution in [1.29, 1.82) is 0 Å². The van der Waals surface area contributed by atoms with E-state index < -0.39 is 7.11 Å². The van der Waals surface area contributed by atoms with E-state index in [1.54, 1.807) is 12.1 Å². The highest BCUT2D eigenvalue weighted by Gasteiger charge is 2.40. The van der Waals surface area contributed by atoms with Gasteiger partial charge in [-0.05, 0) is 29.8 Å². The first kappa shape index (κ1) is 18.2. The molecule has 2 aromatic carbocycles. The monoisotopic (exact) mass is 402 g/mol. The van der Waals surface area contributed by atoms with Crippen LogP contribution in [0.1, 0.15) is 11.3 Å². The number of aromatic nitrogens is 1. The lowest BCUT2D eigenvalue weighted by molar-refractivity contribution is -0.388. The summed E-state index contributed by atoms with van der Waals surface area (Å²) in [6.45, 7) is 0. The van der Waals surface area contributed by atoms with Gasteiger partial charge in [0.05, 0.1) is 5.69 Å². The summed E-state index contributed by atoms with van der Waals surface area (Å²) < 4.78 is 38.2. The Labute approximate surface area is 172 Å². The Bertz CT molecular complexity index is 1210. The fourth-order valence-corrected chi connectivity index (χ4v) is 3.44. The number of rotatable bonds is 3. The minimum absolute atomic E-state index is 0.0271. The molecular weight excluding hydrogens is 385 g/mol. The van der Waals surface area contributed by atoms with Gasteiger partial charge in [0.15, 0.2) is 5.76 Å². The molecule has 0 bridgehead atoms. The maximum Gasteiger partial charge on any atom is 0.726 e. The van der Waals surface area contributed by atoms with Crippen LogP contribution in [0.15, 0.2) is 102 Å². The fourth-order valence-electron chi connectivity index (χ4n) is 3.44. The van der Waals surface area contributed by atoms with Gasteiger partial charge in [0.2, 0.25) is 11.4 Å². The fraction of sp³-hybridized carbons (Fsp3) is 0. The van der Waals surface area contributed by atoms with E-state index in [0.717, 1.165) is 22.5 Å². The van der Waals surface area contributed by atoms with Gasteiger partial charge in [-0.2, -0.15) is 0 Å². The van der Waals surface area contributed by atoms with Gasteiger partial charge in [-0.15, -0.1) is 0 Å². The zero-order valence-electron chi connectivity index (χ0n) is 15.8. The highest BCUT2D eigenvalue weighted by molar-refractivity contribution is 6.53. The molecule has 0 unspecified atom stereocenters. The van der Waals surface area contributed by atoms with Crippen molar-refractivity contribution < 1.29 is 22.9 Å². The molecule has 3 heterocycles. The molecule has 7 heteroatoms. The normalized spacial score (nSPS) is 19.7. The summed E-state index contributed by atoms with van der Waals surface area (Å²) in [5.74, 6) is 0.0542. The van der Waals surface area contributed by atoms with Gasteiger partial charge in [0.1, 0.15) is 5.76 Å². The molecule has 0 amide bonds. The SMILES string of the molecule is F[B-]1(F)OC(c2ccc(-c3ccccc3)[nH]2)=C/C(=C2\C=CC(c3ccccc3)=[NH+]2)O1. The third kappa shape index (κ3) is 3.57. The summed E-state index contributed by atoms with van der Waals surface area (Å²) >= 11 is 0. The summed E-state index contributed by atoms with van der Waals surface area (Å²) in [5.41, 5.74) is 4.43. The molecular formula is C23H17BF2N2O2. The highest BCUT2D eigenvalue weighted by Crippen LogP contribution is 2.33. The molecule has 3 aromatic rings. The quantitative estimate of drug-likeness (QED) is 0.655. The highest BCUT2D eigenvalue weighted by atomic mass is 19.3. The second kappa shape index (κ2) is 7.19. The lowest BCUT2D eigenvalue weighted by Gasteiger charge is -2.33. The molecule has 0 spiro atoms. The second-order valence-electron chi connectivity index (χ2n) is 6.95. The van der Waals surface area contributed by atoms with E-state index in [-0.39, 0.29) is 11.5 Å². The molecule has 2 N–H and O–H groups in total. The number of benzene rings is 2. The van der Waals surface area contributed by atoms with E-state index in [1.807, 2.05) is 72.8 Å². The minimum Gasteiger partial charge on any atom is -0.626 e. The summed E-state index contributed by atoms with van der Waals surface area (Å²) in [6, 6.07) is 22.8. The molecule has 0 saturated heterocycles. The van der Waals surface area contributed by atoms with E-state index >= 15 is 0 Å². The average molecular weight is 402 g/mol. The van der Waals surface area contributed by atoms with Crippen LogP contribution in [-0.4, -0.2) is 17.8 Å². The Morgan fingerprint density at radius 3 is 2.13 bits per heavy atom. The first-order valence-corrected chi connectivity index (χ1v) is 9.54. The molecule has 4 nitrogen and oxygen atoms in total. The molecule has 5 rings (SSSR count). The van der Waals surface area contributed by atoms with Crippen LogP contribution in [0.3, 0.4) is 0 Å². The predicted octanol–water partition coefficient (Wildman–Crippen LogP) is 3.80. The van der Waals surface area contributed by atoms with Crippen molar-refractivity contribution in [1.82, 2.24) is 4.98 Å². The Kier molecular flexibility index (Phi) is 4.36. The van der Waals surface area contributed by atoms with Gasteiger partial charge < -0.3 is 22.9 Å². The number of aromatic amines is 1. The molecule has 2 aliphatic heterocycles. The standard InChI is InChI=1S/C23H16BF2N2O2/c25-24(26)29-22(20-13-11-18(27-20)16-7-3-1-4-8-16)15-23(30-24)21-14-12-19(28-21)17-9-5-2-6-10-17/h1-15,27H/q-1/p+1/b23-21-. The van der Waals surface area contributed by atoms with E-state index in [0.29, 0.717) is 11.4 Å². The largest absolute Gasteiger partial charge is 0.726 e. The second-order valence-corrected chi connectivity index (χ2v) is 6.95. The third-order valence-corrected chi connectivity index (χ3v) is 4.86. The molecule has 30 heavy (non-hydrogen) atoms. The zero-order chi connectivity index (χ0) is 20.6. The third-order valence-electron chi connectivity index (χ3n) is 4.86. The maximum absolute atomic E-state index is 14.3. The van der Waals surface area contributed by atoms with Crippen molar-refractivity contribution in [3.8, 4) is 11.3 Å². The van der Waals surface area contributed by atoms with Gasteiger partial charge in [-0.1, -0.05) is 48.5 Å². The average Bonchev–Trinajstić information content (AvgIpc) is 3.44. The Morgan fingerprint density at radius 1 is 0.733 bits per heavy atom. The van der Waals surface area contributed by atoms with Gasteiger partial charge in [-0.3, -0.25) is 0 Å². The van der Waals surface area contributed by atoms with Gasteiger partial charge in [0.25, 0.3) is 0 Å². The minimum atomic E-state index is -4.50. The molecule has 148 valence electrons. The Morgan fingerprint density at radius 2 is 1.40 bits per heavy atom. The topological polar surface area (TPSA) is 48.2 Å². The summed E-state index contributed by atoms with van der Waals surface area (Å²) in [5, 5.41) is 0. The van der Waals surface area contributed by atoms with E-state index in [9.17, 15) is 8.63 Å². The van der Waals surface area contributed by atoms with Crippen LogP contribution in [0.4, 0.5) is 8.63 Å². The number of hydrogen-bond donors (Lipinski definition) is 2. The van der Waals surface area contributed by atoms with Crippen LogP contribution in [0, 0.1) is 0 Å². The van der Waals surface area contributed by atoms with Crippen LogP contribution in [-0.2, 0) is 9.31 Å². The first-order valence-electron chi connectivity index (χ1n) is 9.54. The Balaban J connectivity index is 1.51. The van der Waals surface area contributed by atoms with Crippen LogP contribution in [0.5, 0.6) is 0 Å². The van der Waals surface area contributed by atoms with E-state index in [4.69, 9.17) is 9.31 Å². The van der Waals surface area contributed by atoms with Crippen molar-refractivity contribution in [2.75, 3.05) is 0 Å². The molecule has 0 aliphatic carbocycles. The van der Waals surface area contributed by atoms with E-state index in [1.165, 1.54) is 6.08 Å².